The van der Waals surface area contributed by atoms with Crippen molar-refractivity contribution in [3.8, 4) is 0 Å². The first-order chi connectivity index (χ1) is 16.1. The predicted molar refractivity (Wildman–Crippen MR) is 136 cm³/mol. The number of hydrazine groups is 1. The van der Waals surface area contributed by atoms with E-state index in [2.05, 4.69) is 66.2 Å². The van der Waals surface area contributed by atoms with Gasteiger partial charge in [-0.05, 0) is 55.2 Å². The van der Waals surface area contributed by atoms with Crippen LogP contribution in [-0.2, 0) is 16.8 Å². The van der Waals surface area contributed by atoms with Crippen LogP contribution in [0.15, 0.2) is 84.9 Å². The largest absolute Gasteiger partial charge is 0.304 e. The van der Waals surface area contributed by atoms with Gasteiger partial charge in [-0.1, -0.05) is 92.7 Å². The highest BCUT2D eigenvalue weighted by molar-refractivity contribution is 6.09. The Labute approximate surface area is 198 Å². The van der Waals surface area contributed by atoms with Crippen LogP contribution in [0.5, 0.6) is 0 Å². The zero-order valence-electron chi connectivity index (χ0n) is 20.1. The van der Waals surface area contributed by atoms with Gasteiger partial charge in [0.05, 0.1) is 5.69 Å². The highest BCUT2D eigenvalue weighted by Gasteiger charge is 2.52. The van der Waals surface area contributed by atoms with E-state index in [0.717, 1.165) is 49.3 Å². The monoisotopic (exact) mass is 441 g/mol. The molecular formula is C29H35N3O. The highest BCUT2D eigenvalue weighted by atomic mass is 16.2. The summed E-state index contributed by atoms with van der Waals surface area (Å²) >= 11 is 0. The number of benzene rings is 3. The fourth-order valence-corrected chi connectivity index (χ4v) is 5.18. The van der Waals surface area contributed by atoms with Crippen molar-refractivity contribution >= 4 is 11.6 Å². The standard InChI is InChI=1S/C29H35N3O/c1-4-31(5-2)22-14-21-29(25-17-10-7-11-18-25)26-19-12-13-20-27(26)32(28(29)33)30(3)23-24-15-8-6-9-16-24/h6-13,15-20H,4-5,14,21-23H2,1-3H3. The van der Waals surface area contributed by atoms with Crippen molar-refractivity contribution in [2.75, 3.05) is 31.7 Å². The minimum absolute atomic E-state index is 0.146. The number of anilines is 1. The van der Waals surface area contributed by atoms with Crippen molar-refractivity contribution in [2.45, 2.75) is 38.6 Å². The Balaban J connectivity index is 1.74. The molecule has 0 radical (unpaired) electrons. The summed E-state index contributed by atoms with van der Waals surface area (Å²) in [5, 5.41) is 3.97. The number of hydrogen-bond acceptors (Lipinski definition) is 3. The van der Waals surface area contributed by atoms with E-state index in [9.17, 15) is 4.79 Å². The van der Waals surface area contributed by atoms with Crippen LogP contribution in [0.2, 0.25) is 0 Å². The van der Waals surface area contributed by atoms with E-state index in [1.54, 1.807) is 0 Å². The second kappa shape index (κ2) is 10.3. The van der Waals surface area contributed by atoms with Crippen molar-refractivity contribution in [1.29, 1.82) is 0 Å². The summed E-state index contributed by atoms with van der Waals surface area (Å²) in [6, 6.07) is 29.0. The number of hydrogen-bond donors (Lipinski definition) is 0. The van der Waals surface area contributed by atoms with Crippen molar-refractivity contribution in [3.05, 3.63) is 102 Å². The summed E-state index contributed by atoms with van der Waals surface area (Å²) in [5.74, 6) is 0.146. The van der Waals surface area contributed by atoms with Crippen LogP contribution in [0.4, 0.5) is 5.69 Å². The van der Waals surface area contributed by atoms with Crippen LogP contribution in [0.3, 0.4) is 0 Å². The Morgan fingerprint density at radius 3 is 2.09 bits per heavy atom. The van der Waals surface area contributed by atoms with Crippen LogP contribution in [0.1, 0.15) is 43.4 Å². The highest BCUT2D eigenvalue weighted by Crippen LogP contribution is 2.49. The summed E-state index contributed by atoms with van der Waals surface area (Å²) < 4.78 is 0. The molecule has 4 rings (SSSR count). The van der Waals surface area contributed by atoms with Gasteiger partial charge < -0.3 is 4.90 Å². The summed E-state index contributed by atoms with van der Waals surface area (Å²) in [4.78, 5) is 16.8. The molecule has 0 spiro atoms. The van der Waals surface area contributed by atoms with E-state index >= 15 is 0 Å². The van der Waals surface area contributed by atoms with E-state index in [4.69, 9.17) is 0 Å². The number of nitrogens with zero attached hydrogens (tertiary/aromatic N) is 3. The zero-order valence-corrected chi connectivity index (χ0v) is 20.1. The molecule has 4 heteroatoms. The predicted octanol–water partition coefficient (Wildman–Crippen LogP) is 5.49. The van der Waals surface area contributed by atoms with Gasteiger partial charge in [0.15, 0.2) is 0 Å². The second-order valence-electron chi connectivity index (χ2n) is 8.84. The Kier molecular flexibility index (Phi) is 7.26. The molecule has 0 aliphatic carbocycles. The molecule has 172 valence electrons. The zero-order chi connectivity index (χ0) is 23.3. The molecule has 3 aromatic carbocycles. The molecule has 1 amide bonds. The fourth-order valence-electron chi connectivity index (χ4n) is 5.18. The molecule has 4 nitrogen and oxygen atoms in total. The average Bonchev–Trinajstić information content (AvgIpc) is 3.11. The summed E-state index contributed by atoms with van der Waals surface area (Å²) in [6.45, 7) is 8.14. The Bertz CT molecular complexity index is 1050. The van der Waals surface area contributed by atoms with Crippen molar-refractivity contribution < 1.29 is 4.79 Å². The number of para-hydroxylation sites is 1. The van der Waals surface area contributed by atoms with Gasteiger partial charge in [0, 0.05) is 13.6 Å². The van der Waals surface area contributed by atoms with Crippen molar-refractivity contribution in [3.63, 3.8) is 0 Å². The molecule has 1 aliphatic heterocycles. The first kappa shape index (κ1) is 23.2. The molecule has 33 heavy (non-hydrogen) atoms. The van der Waals surface area contributed by atoms with Crippen molar-refractivity contribution in [2.24, 2.45) is 0 Å². The Morgan fingerprint density at radius 2 is 1.42 bits per heavy atom. The van der Waals surface area contributed by atoms with E-state index in [-0.39, 0.29) is 5.91 Å². The lowest BCUT2D eigenvalue weighted by Crippen LogP contribution is -2.48. The summed E-state index contributed by atoms with van der Waals surface area (Å²) in [5.41, 5.74) is 3.70. The van der Waals surface area contributed by atoms with Crippen molar-refractivity contribution in [1.82, 2.24) is 9.91 Å². The number of rotatable bonds is 10. The van der Waals surface area contributed by atoms with Gasteiger partial charge >= 0.3 is 0 Å². The molecule has 1 atom stereocenters. The number of carbonyl (C=O) groups excluding carboxylic acids is 1. The maximum Gasteiger partial charge on any atom is 0.256 e. The van der Waals surface area contributed by atoms with Gasteiger partial charge in [-0.25, -0.2) is 10.0 Å². The summed E-state index contributed by atoms with van der Waals surface area (Å²) in [6.07, 6.45) is 1.76. The normalized spacial score (nSPS) is 17.7. The maximum absolute atomic E-state index is 14.4. The number of fused-ring (bicyclic) bond motifs is 1. The molecular weight excluding hydrogens is 406 g/mol. The molecule has 0 saturated heterocycles. The third-order valence-electron chi connectivity index (χ3n) is 6.93. The molecule has 1 aliphatic rings. The van der Waals surface area contributed by atoms with Crippen LogP contribution in [-0.4, -0.2) is 42.5 Å². The molecule has 0 bridgehead atoms. The van der Waals surface area contributed by atoms with Crippen LogP contribution < -0.4 is 5.01 Å². The third kappa shape index (κ3) is 4.46. The molecule has 1 heterocycles. The molecule has 1 unspecified atom stereocenters. The fraction of sp³-hybridized carbons (Fsp3) is 0.345. The van der Waals surface area contributed by atoms with Crippen LogP contribution in [0, 0.1) is 0 Å². The van der Waals surface area contributed by atoms with Gasteiger partial charge in [-0.15, -0.1) is 0 Å². The van der Waals surface area contributed by atoms with E-state index in [0.29, 0.717) is 6.54 Å². The molecule has 0 fully saturated rings. The topological polar surface area (TPSA) is 26.8 Å². The first-order valence-electron chi connectivity index (χ1n) is 12.1. The lowest BCUT2D eigenvalue weighted by Gasteiger charge is -2.33. The number of carbonyl (C=O) groups is 1. The minimum atomic E-state index is -0.671. The maximum atomic E-state index is 14.4. The SMILES string of the molecule is CCN(CC)CCCC1(c2ccccc2)C(=O)N(N(C)Cc2ccccc2)c2ccccc21. The summed E-state index contributed by atoms with van der Waals surface area (Å²) in [7, 11) is 2.01. The first-order valence-corrected chi connectivity index (χ1v) is 12.1. The van der Waals surface area contributed by atoms with Gasteiger partial charge in [-0.2, -0.15) is 0 Å². The number of amides is 1. The van der Waals surface area contributed by atoms with Gasteiger partial charge in [-0.3, -0.25) is 4.79 Å². The van der Waals surface area contributed by atoms with E-state index < -0.39 is 5.41 Å². The van der Waals surface area contributed by atoms with Gasteiger partial charge in [0.1, 0.15) is 5.41 Å². The minimum Gasteiger partial charge on any atom is -0.304 e. The Hall–Kier alpha value is -2.95. The molecule has 0 aromatic heterocycles. The Morgan fingerprint density at radius 1 is 0.818 bits per heavy atom. The molecule has 0 N–H and O–H groups in total. The van der Waals surface area contributed by atoms with E-state index in [1.165, 1.54) is 5.56 Å². The smallest absolute Gasteiger partial charge is 0.256 e. The van der Waals surface area contributed by atoms with Gasteiger partial charge in [0.25, 0.3) is 5.91 Å². The lowest BCUT2D eigenvalue weighted by atomic mass is 9.72. The van der Waals surface area contributed by atoms with E-state index in [1.807, 2.05) is 54.5 Å². The lowest BCUT2D eigenvalue weighted by molar-refractivity contribution is -0.124. The quantitative estimate of drug-likeness (QED) is 0.416. The molecule has 0 saturated carbocycles. The average molecular weight is 442 g/mol. The molecule has 3 aromatic rings. The van der Waals surface area contributed by atoms with Crippen LogP contribution >= 0.6 is 0 Å². The third-order valence-corrected chi connectivity index (χ3v) is 6.93. The second-order valence-corrected chi connectivity index (χ2v) is 8.84. The van der Waals surface area contributed by atoms with Crippen LogP contribution in [0.25, 0.3) is 0 Å². The van der Waals surface area contributed by atoms with Gasteiger partial charge in [0.2, 0.25) is 0 Å².